The van der Waals surface area contributed by atoms with Crippen molar-refractivity contribution < 1.29 is 27.2 Å². The Morgan fingerprint density at radius 1 is 1.50 bits per heavy atom. The Kier molecular flexibility index (Phi) is 3.53. The molecule has 0 N–H and O–H groups in total. The van der Waals surface area contributed by atoms with E-state index in [9.17, 15) is 18.0 Å². The predicted octanol–water partition coefficient (Wildman–Crippen LogP) is 2.96. The first kappa shape index (κ1) is 15.1. The number of likely N-dealkylation sites (tertiary alicyclic amines) is 1. The smallest absolute Gasteiger partial charge is 0.410 e. The van der Waals surface area contributed by atoms with Crippen molar-refractivity contribution in [3.8, 4) is 0 Å². The molecule has 122 valence electrons. The fourth-order valence-corrected chi connectivity index (χ4v) is 2.77. The van der Waals surface area contributed by atoms with E-state index in [4.69, 9.17) is 9.26 Å². The molecule has 2 fully saturated rings. The minimum atomic E-state index is -4.38. The third-order valence-electron chi connectivity index (χ3n) is 4.20. The number of rotatable bonds is 3. The van der Waals surface area contributed by atoms with E-state index in [-0.39, 0.29) is 31.2 Å². The molecular weight excluding hydrogens is 303 g/mol. The molecule has 0 bridgehead atoms. The topological polar surface area (TPSA) is 68.5 Å². The fourth-order valence-electron chi connectivity index (χ4n) is 2.77. The van der Waals surface area contributed by atoms with Gasteiger partial charge in [0.05, 0.1) is 6.61 Å². The lowest BCUT2D eigenvalue weighted by atomic mass is 10.1. The van der Waals surface area contributed by atoms with Gasteiger partial charge in [-0.1, -0.05) is 5.16 Å². The molecule has 0 spiro atoms. The Morgan fingerprint density at radius 2 is 2.23 bits per heavy atom. The Morgan fingerprint density at radius 3 is 2.82 bits per heavy atom. The van der Waals surface area contributed by atoms with Crippen LogP contribution in [-0.2, 0) is 10.2 Å². The van der Waals surface area contributed by atoms with E-state index in [1.807, 2.05) is 0 Å². The second-order valence-corrected chi connectivity index (χ2v) is 5.59. The molecule has 22 heavy (non-hydrogen) atoms. The molecule has 0 aromatic carbocycles. The average molecular weight is 319 g/mol. The molecule has 2 heterocycles. The van der Waals surface area contributed by atoms with Gasteiger partial charge >= 0.3 is 12.3 Å². The molecule has 1 atom stereocenters. The number of halogens is 3. The van der Waals surface area contributed by atoms with E-state index in [0.717, 1.165) is 0 Å². The van der Waals surface area contributed by atoms with Crippen LogP contribution in [-0.4, -0.2) is 40.5 Å². The second-order valence-electron chi connectivity index (χ2n) is 5.59. The highest BCUT2D eigenvalue weighted by atomic mass is 19.4. The van der Waals surface area contributed by atoms with Gasteiger partial charge in [0.1, 0.15) is 11.5 Å². The molecule has 1 saturated carbocycles. The largest absolute Gasteiger partial charge is 0.450 e. The summed E-state index contributed by atoms with van der Waals surface area (Å²) >= 11 is 0. The van der Waals surface area contributed by atoms with Crippen LogP contribution in [0, 0.1) is 0 Å². The Labute approximate surface area is 124 Å². The highest BCUT2D eigenvalue weighted by Gasteiger charge is 2.67. The van der Waals surface area contributed by atoms with E-state index in [1.165, 1.54) is 4.90 Å². The van der Waals surface area contributed by atoms with Crippen LogP contribution in [0.15, 0.2) is 4.52 Å². The van der Waals surface area contributed by atoms with Gasteiger partial charge in [-0.25, -0.2) is 4.79 Å². The van der Waals surface area contributed by atoms with E-state index in [1.54, 1.807) is 6.92 Å². The summed E-state index contributed by atoms with van der Waals surface area (Å²) in [7, 11) is 0. The lowest BCUT2D eigenvalue weighted by Crippen LogP contribution is -2.32. The molecule has 1 saturated heterocycles. The molecule has 1 aromatic rings. The Balaban J connectivity index is 1.81. The molecular formula is C13H16F3N3O3. The van der Waals surface area contributed by atoms with Crippen LogP contribution >= 0.6 is 0 Å². The average Bonchev–Trinajstić information content (AvgIpc) is 2.93. The second kappa shape index (κ2) is 5.13. The maximum atomic E-state index is 13.1. The summed E-state index contributed by atoms with van der Waals surface area (Å²) in [5, 5.41) is 3.52. The number of carbonyl (C=O) groups excluding carboxylic acids is 1. The number of hydrogen-bond acceptors (Lipinski definition) is 5. The molecule has 1 aliphatic heterocycles. The number of nitrogens with zero attached hydrogens (tertiary/aromatic N) is 3. The summed E-state index contributed by atoms with van der Waals surface area (Å²) in [6.07, 6.45) is -3.67. The molecule has 1 unspecified atom stereocenters. The molecule has 6 nitrogen and oxygen atoms in total. The zero-order valence-electron chi connectivity index (χ0n) is 12.0. The number of aromatic nitrogens is 2. The number of amides is 1. The van der Waals surface area contributed by atoms with Crippen LogP contribution < -0.4 is 0 Å². The third kappa shape index (κ3) is 2.32. The van der Waals surface area contributed by atoms with Crippen LogP contribution in [0.3, 0.4) is 0 Å². The Bertz CT molecular complexity index is 568. The maximum absolute atomic E-state index is 13.1. The lowest BCUT2D eigenvalue weighted by molar-refractivity contribution is -0.162. The van der Waals surface area contributed by atoms with E-state index < -0.39 is 23.7 Å². The summed E-state index contributed by atoms with van der Waals surface area (Å²) < 4.78 is 49.2. The SMILES string of the molecule is CCOC(=O)N1CCCC1c1nc(C2(C(F)(F)F)CC2)no1. The maximum Gasteiger partial charge on any atom is 0.410 e. The third-order valence-corrected chi connectivity index (χ3v) is 4.20. The van der Waals surface area contributed by atoms with Crippen molar-refractivity contribution in [3.05, 3.63) is 11.7 Å². The van der Waals surface area contributed by atoms with E-state index in [0.29, 0.717) is 19.4 Å². The van der Waals surface area contributed by atoms with Crippen LogP contribution in [0.25, 0.3) is 0 Å². The first-order valence-electron chi connectivity index (χ1n) is 7.23. The van der Waals surface area contributed by atoms with Crippen LogP contribution in [0.4, 0.5) is 18.0 Å². The summed E-state index contributed by atoms with van der Waals surface area (Å²) in [6.45, 7) is 2.38. The van der Waals surface area contributed by atoms with Gasteiger partial charge in [-0.15, -0.1) is 0 Å². The summed E-state index contributed by atoms with van der Waals surface area (Å²) in [5.41, 5.74) is -1.97. The molecule has 2 aliphatic rings. The van der Waals surface area contributed by atoms with E-state index >= 15 is 0 Å². The van der Waals surface area contributed by atoms with Gasteiger partial charge in [0.25, 0.3) is 0 Å². The van der Waals surface area contributed by atoms with Crippen molar-refractivity contribution in [1.82, 2.24) is 15.0 Å². The standard InChI is InChI=1S/C13H16F3N3O3/c1-2-21-11(20)19-7-3-4-8(19)9-17-10(18-22-9)12(5-6-12)13(14,15)16/h8H,2-7H2,1H3. The van der Waals surface area contributed by atoms with Gasteiger partial charge in [-0.3, -0.25) is 4.90 Å². The van der Waals surface area contributed by atoms with Crippen molar-refractivity contribution in [1.29, 1.82) is 0 Å². The minimum absolute atomic E-state index is 0.0261. The first-order chi connectivity index (χ1) is 10.4. The zero-order valence-corrected chi connectivity index (χ0v) is 12.0. The number of alkyl halides is 3. The van der Waals surface area contributed by atoms with Gasteiger partial charge in [0, 0.05) is 6.54 Å². The minimum Gasteiger partial charge on any atom is -0.450 e. The summed E-state index contributed by atoms with van der Waals surface area (Å²) in [4.78, 5) is 17.2. The van der Waals surface area contributed by atoms with Gasteiger partial charge in [0.2, 0.25) is 5.89 Å². The Hall–Kier alpha value is -1.80. The molecule has 1 aliphatic carbocycles. The molecule has 1 aromatic heterocycles. The first-order valence-corrected chi connectivity index (χ1v) is 7.23. The summed E-state index contributed by atoms with van der Waals surface area (Å²) in [5.74, 6) is -0.276. The zero-order chi connectivity index (χ0) is 16.0. The van der Waals surface area contributed by atoms with Crippen molar-refractivity contribution in [2.75, 3.05) is 13.2 Å². The number of hydrogen-bond donors (Lipinski definition) is 0. The van der Waals surface area contributed by atoms with Crippen molar-refractivity contribution in [3.63, 3.8) is 0 Å². The van der Waals surface area contributed by atoms with Gasteiger partial charge in [0.15, 0.2) is 5.82 Å². The van der Waals surface area contributed by atoms with Gasteiger partial charge in [-0.2, -0.15) is 18.2 Å². The summed E-state index contributed by atoms with van der Waals surface area (Å²) in [6, 6.07) is -0.510. The highest BCUT2D eigenvalue weighted by molar-refractivity contribution is 5.68. The van der Waals surface area contributed by atoms with E-state index in [2.05, 4.69) is 10.1 Å². The normalized spacial score (nSPS) is 23.6. The highest BCUT2D eigenvalue weighted by Crippen LogP contribution is 2.58. The van der Waals surface area contributed by atoms with Gasteiger partial charge in [-0.05, 0) is 32.6 Å². The molecule has 3 rings (SSSR count). The van der Waals surface area contributed by atoms with Crippen molar-refractivity contribution in [2.24, 2.45) is 0 Å². The predicted molar refractivity (Wildman–Crippen MR) is 67.0 cm³/mol. The molecule has 9 heteroatoms. The fraction of sp³-hybridized carbons (Fsp3) is 0.769. The van der Waals surface area contributed by atoms with Crippen molar-refractivity contribution in [2.45, 2.75) is 50.2 Å². The molecule has 1 amide bonds. The monoisotopic (exact) mass is 319 g/mol. The quantitative estimate of drug-likeness (QED) is 0.857. The van der Waals surface area contributed by atoms with Crippen molar-refractivity contribution >= 4 is 6.09 Å². The van der Waals surface area contributed by atoms with Crippen LogP contribution in [0.2, 0.25) is 0 Å². The lowest BCUT2D eigenvalue weighted by Gasteiger charge is -2.20. The number of ether oxygens (including phenoxy) is 1. The van der Waals surface area contributed by atoms with Crippen LogP contribution in [0.5, 0.6) is 0 Å². The number of carbonyl (C=O) groups is 1. The van der Waals surface area contributed by atoms with Crippen LogP contribution in [0.1, 0.15) is 50.4 Å². The molecule has 0 radical (unpaired) electrons. The van der Waals surface area contributed by atoms with Gasteiger partial charge < -0.3 is 9.26 Å².